The zero-order chi connectivity index (χ0) is 15.6. The van der Waals surface area contributed by atoms with Crippen LogP contribution in [-0.2, 0) is 15.0 Å². The summed E-state index contributed by atoms with van der Waals surface area (Å²) in [7, 11) is 0. The molecule has 21 heavy (non-hydrogen) atoms. The number of nitrogens with one attached hydrogen (secondary N) is 2. The zero-order valence-electron chi connectivity index (χ0n) is 12.4. The van der Waals surface area contributed by atoms with E-state index in [1.54, 1.807) is 12.3 Å². The van der Waals surface area contributed by atoms with Gasteiger partial charge in [0.2, 0.25) is 11.8 Å². The molecule has 1 saturated heterocycles. The van der Waals surface area contributed by atoms with E-state index < -0.39 is 17.9 Å². The Balaban J connectivity index is 2.18. The van der Waals surface area contributed by atoms with E-state index in [-0.39, 0.29) is 17.7 Å². The third-order valence-corrected chi connectivity index (χ3v) is 3.38. The minimum absolute atomic E-state index is 0.227. The van der Waals surface area contributed by atoms with Gasteiger partial charge in [-0.25, -0.2) is 0 Å². The van der Waals surface area contributed by atoms with E-state index in [4.69, 9.17) is 0 Å². The van der Waals surface area contributed by atoms with Gasteiger partial charge in [0.25, 0.3) is 5.91 Å². The van der Waals surface area contributed by atoms with Crippen molar-refractivity contribution in [2.75, 3.05) is 0 Å². The molecule has 2 N–H and O–H groups in total. The van der Waals surface area contributed by atoms with Gasteiger partial charge >= 0.3 is 0 Å². The molecule has 0 radical (unpaired) electrons. The zero-order valence-corrected chi connectivity index (χ0v) is 12.4. The van der Waals surface area contributed by atoms with E-state index in [9.17, 15) is 14.4 Å². The molecule has 0 aliphatic carbocycles. The second-order valence-electron chi connectivity index (χ2n) is 6.13. The van der Waals surface area contributed by atoms with Crippen molar-refractivity contribution in [3.05, 3.63) is 29.6 Å². The summed E-state index contributed by atoms with van der Waals surface area (Å²) in [5, 5.41) is 4.87. The van der Waals surface area contributed by atoms with E-state index in [0.29, 0.717) is 12.1 Å². The van der Waals surface area contributed by atoms with Crippen LogP contribution in [0.3, 0.4) is 0 Å². The molecule has 6 heteroatoms. The van der Waals surface area contributed by atoms with E-state index in [0.717, 1.165) is 5.56 Å². The summed E-state index contributed by atoms with van der Waals surface area (Å²) in [6.07, 6.45) is 2.09. The molecule has 0 bridgehead atoms. The number of amides is 3. The number of imide groups is 1. The maximum absolute atomic E-state index is 12.4. The molecule has 1 unspecified atom stereocenters. The highest BCUT2D eigenvalue weighted by Crippen LogP contribution is 2.24. The number of pyridine rings is 1. The van der Waals surface area contributed by atoms with Gasteiger partial charge in [0.15, 0.2) is 0 Å². The lowest BCUT2D eigenvalue weighted by atomic mass is 9.85. The molecule has 1 aliphatic rings. The minimum Gasteiger partial charge on any atom is -0.339 e. The van der Waals surface area contributed by atoms with E-state index in [1.165, 1.54) is 0 Å². The third kappa shape index (κ3) is 3.45. The van der Waals surface area contributed by atoms with Crippen molar-refractivity contribution in [3.8, 4) is 0 Å². The molecule has 112 valence electrons. The Morgan fingerprint density at radius 1 is 1.38 bits per heavy atom. The van der Waals surface area contributed by atoms with Crippen LogP contribution in [0.5, 0.6) is 0 Å². The lowest BCUT2D eigenvalue weighted by Crippen LogP contribution is -2.52. The minimum atomic E-state index is -0.690. The molecular formula is C15H19N3O3. The average Bonchev–Trinajstić information content (AvgIpc) is 2.41. The topological polar surface area (TPSA) is 88.2 Å². The molecule has 1 atom stereocenters. The average molecular weight is 289 g/mol. The van der Waals surface area contributed by atoms with E-state index in [1.807, 2.05) is 26.8 Å². The van der Waals surface area contributed by atoms with Gasteiger partial charge < -0.3 is 5.32 Å². The number of carbonyl (C=O) groups excluding carboxylic acids is 3. The maximum atomic E-state index is 12.4. The second kappa shape index (κ2) is 5.63. The van der Waals surface area contributed by atoms with Gasteiger partial charge in [0, 0.05) is 12.6 Å². The first kappa shape index (κ1) is 15.2. The first-order valence-electron chi connectivity index (χ1n) is 6.89. The maximum Gasteiger partial charge on any atom is 0.270 e. The molecule has 2 rings (SSSR count). The largest absolute Gasteiger partial charge is 0.339 e. The molecule has 0 aromatic carbocycles. The van der Waals surface area contributed by atoms with Crippen LogP contribution in [0.4, 0.5) is 0 Å². The van der Waals surface area contributed by atoms with Crippen LogP contribution in [0.15, 0.2) is 18.3 Å². The van der Waals surface area contributed by atoms with Crippen LogP contribution >= 0.6 is 0 Å². The Bertz CT molecular complexity index is 590. The van der Waals surface area contributed by atoms with Crippen LogP contribution in [0.2, 0.25) is 0 Å². The third-order valence-electron chi connectivity index (χ3n) is 3.38. The highest BCUT2D eigenvalue weighted by molar-refractivity contribution is 6.03. The van der Waals surface area contributed by atoms with Crippen LogP contribution in [-0.4, -0.2) is 28.7 Å². The fourth-order valence-corrected chi connectivity index (χ4v) is 2.25. The summed E-state index contributed by atoms with van der Waals surface area (Å²) < 4.78 is 0. The molecular weight excluding hydrogens is 270 g/mol. The first-order chi connectivity index (χ1) is 9.79. The van der Waals surface area contributed by atoms with Gasteiger partial charge in [-0.1, -0.05) is 26.8 Å². The fourth-order valence-electron chi connectivity index (χ4n) is 2.25. The standard InChI is InChI=1S/C15H19N3O3/c1-15(2,3)9-5-4-8-16-12(9)14(21)17-10-6-7-11(19)18-13(10)20/h4-5,8,10H,6-7H2,1-3H3,(H,17,21)(H,18,19,20). The predicted octanol–water partition coefficient (Wildman–Crippen LogP) is 0.914. The van der Waals surface area contributed by atoms with Gasteiger partial charge in [-0.2, -0.15) is 0 Å². The highest BCUT2D eigenvalue weighted by Gasteiger charge is 2.30. The van der Waals surface area contributed by atoms with Crippen LogP contribution in [0.1, 0.15) is 49.7 Å². The molecule has 3 amide bonds. The van der Waals surface area contributed by atoms with E-state index in [2.05, 4.69) is 15.6 Å². The highest BCUT2D eigenvalue weighted by atomic mass is 16.2. The van der Waals surface area contributed by atoms with Gasteiger partial charge in [0.05, 0.1) is 0 Å². The normalized spacial score (nSPS) is 19.1. The molecule has 1 aliphatic heterocycles. The Morgan fingerprint density at radius 2 is 2.10 bits per heavy atom. The van der Waals surface area contributed by atoms with E-state index >= 15 is 0 Å². The van der Waals surface area contributed by atoms with Gasteiger partial charge in [0.1, 0.15) is 11.7 Å². The smallest absolute Gasteiger partial charge is 0.270 e. The summed E-state index contributed by atoms with van der Waals surface area (Å²) in [5.41, 5.74) is 0.899. The van der Waals surface area contributed by atoms with Crippen molar-refractivity contribution in [2.45, 2.75) is 45.1 Å². The first-order valence-corrected chi connectivity index (χ1v) is 6.89. The quantitative estimate of drug-likeness (QED) is 0.792. The molecule has 1 aromatic rings. The van der Waals surface area contributed by atoms with Crippen molar-refractivity contribution < 1.29 is 14.4 Å². The van der Waals surface area contributed by atoms with Gasteiger partial charge in [-0.15, -0.1) is 0 Å². The van der Waals surface area contributed by atoms with Crippen LogP contribution < -0.4 is 10.6 Å². The van der Waals surface area contributed by atoms with Gasteiger partial charge in [-0.3, -0.25) is 24.7 Å². The predicted molar refractivity (Wildman–Crippen MR) is 76.6 cm³/mol. The van der Waals surface area contributed by atoms with Crippen LogP contribution in [0, 0.1) is 0 Å². The number of piperidine rings is 1. The number of carbonyl (C=O) groups is 3. The molecule has 0 saturated carbocycles. The number of nitrogens with zero attached hydrogens (tertiary/aromatic N) is 1. The number of aromatic nitrogens is 1. The summed E-state index contributed by atoms with van der Waals surface area (Å²) in [6.45, 7) is 5.98. The summed E-state index contributed by atoms with van der Waals surface area (Å²) in [5.74, 6) is -1.17. The molecule has 0 spiro atoms. The monoisotopic (exact) mass is 289 g/mol. The summed E-state index contributed by atoms with van der Waals surface area (Å²) in [6, 6.07) is 2.94. The van der Waals surface area contributed by atoms with Crippen molar-refractivity contribution >= 4 is 17.7 Å². The van der Waals surface area contributed by atoms with Crippen molar-refractivity contribution in [3.63, 3.8) is 0 Å². The fraction of sp³-hybridized carbons (Fsp3) is 0.467. The van der Waals surface area contributed by atoms with Crippen molar-refractivity contribution in [2.24, 2.45) is 0 Å². The van der Waals surface area contributed by atoms with Crippen molar-refractivity contribution in [1.82, 2.24) is 15.6 Å². The molecule has 1 aromatic heterocycles. The Labute approximate surface area is 123 Å². The Hall–Kier alpha value is -2.24. The number of rotatable bonds is 2. The summed E-state index contributed by atoms with van der Waals surface area (Å²) in [4.78, 5) is 39.3. The lowest BCUT2D eigenvalue weighted by molar-refractivity contribution is -0.134. The van der Waals surface area contributed by atoms with Crippen LogP contribution in [0.25, 0.3) is 0 Å². The molecule has 6 nitrogen and oxygen atoms in total. The summed E-state index contributed by atoms with van der Waals surface area (Å²) >= 11 is 0. The number of hydrogen-bond acceptors (Lipinski definition) is 4. The second-order valence-corrected chi connectivity index (χ2v) is 6.13. The lowest BCUT2D eigenvalue weighted by Gasteiger charge is -2.24. The van der Waals surface area contributed by atoms with Crippen molar-refractivity contribution in [1.29, 1.82) is 0 Å². The molecule has 1 fully saturated rings. The Kier molecular flexibility index (Phi) is 4.06. The van der Waals surface area contributed by atoms with Gasteiger partial charge in [-0.05, 0) is 23.5 Å². The number of hydrogen-bond donors (Lipinski definition) is 2. The SMILES string of the molecule is CC(C)(C)c1cccnc1C(=O)NC1CCC(=O)NC1=O. The molecule has 2 heterocycles. The Morgan fingerprint density at radius 3 is 2.71 bits per heavy atom.